The van der Waals surface area contributed by atoms with Gasteiger partial charge in [-0.25, -0.2) is 4.39 Å². The lowest BCUT2D eigenvalue weighted by atomic mass is 9.98. The van der Waals surface area contributed by atoms with Gasteiger partial charge in [0.15, 0.2) is 11.8 Å². The summed E-state index contributed by atoms with van der Waals surface area (Å²) in [7, 11) is 0. The van der Waals surface area contributed by atoms with E-state index >= 15 is 0 Å². The predicted molar refractivity (Wildman–Crippen MR) is 112 cm³/mol. The van der Waals surface area contributed by atoms with Gasteiger partial charge in [0, 0.05) is 24.4 Å². The molecule has 2 atom stereocenters. The Bertz CT molecular complexity index is 890. The van der Waals surface area contributed by atoms with Crippen molar-refractivity contribution in [3.05, 3.63) is 69.9 Å². The normalized spacial score (nSPS) is 13.0. The smallest absolute Gasteiger partial charge is 0.251 e. The van der Waals surface area contributed by atoms with E-state index in [1.54, 1.807) is 13.0 Å². The van der Waals surface area contributed by atoms with Gasteiger partial charge < -0.3 is 5.32 Å². The number of carbonyl (C=O) groups excluding carboxylic acids is 2. The zero-order valence-corrected chi connectivity index (χ0v) is 17.3. The van der Waals surface area contributed by atoms with Crippen LogP contribution in [0.3, 0.4) is 0 Å². The number of benzene rings is 1. The van der Waals surface area contributed by atoms with Crippen molar-refractivity contribution in [2.24, 2.45) is 5.92 Å². The maximum Gasteiger partial charge on any atom is 0.251 e. The topological polar surface area (TPSA) is 68.2 Å². The maximum absolute atomic E-state index is 13.3. The molecule has 6 heteroatoms. The SMILES string of the molecule is CCCC[C@H](CC)CNC(=O)[C@@H](C(=O)c1ccc(F)cc1)n1cc(C)ccc1=O. The Hall–Kier alpha value is -2.76. The highest BCUT2D eigenvalue weighted by Crippen LogP contribution is 2.17. The van der Waals surface area contributed by atoms with E-state index in [1.165, 1.54) is 36.5 Å². The van der Waals surface area contributed by atoms with Crippen molar-refractivity contribution >= 4 is 11.7 Å². The van der Waals surface area contributed by atoms with Crippen LogP contribution in [0.5, 0.6) is 0 Å². The molecule has 0 aliphatic rings. The fourth-order valence-electron chi connectivity index (χ4n) is 3.25. The van der Waals surface area contributed by atoms with Crippen LogP contribution in [0, 0.1) is 18.7 Å². The number of unbranched alkanes of at least 4 members (excludes halogenated alkanes) is 1. The van der Waals surface area contributed by atoms with Crippen LogP contribution in [0.4, 0.5) is 4.39 Å². The van der Waals surface area contributed by atoms with Crippen LogP contribution in [0.15, 0.2) is 47.4 Å². The molecule has 29 heavy (non-hydrogen) atoms. The first-order valence-electron chi connectivity index (χ1n) is 10.1. The highest BCUT2D eigenvalue weighted by atomic mass is 19.1. The van der Waals surface area contributed by atoms with Crippen LogP contribution in [0.1, 0.15) is 61.5 Å². The predicted octanol–water partition coefficient (Wildman–Crippen LogP) is 4.05. The zero-order valence-electron chi connectivity index (χ0n) is 17.3. The summed E-state index contributed by atoms with van der Waals surface area (Å²) >= 11 is 0. The van der Waals surface area contributed by atoms with Crippen molar-refractivity contribution < 1.29 is 14.0 Å². The number of nitrogens with one attached hydrogen (secondary N) is 1. The van der Waals surface area contributed by atoms with Gasteiger partial charge in [-0.1, -0.05) is 39.2 Å². The molecule has 5 nitrogen and oxygen atoms in total. The number of amides is 1. The summed E-state index contributed by atoms with van der Waals surface area (Å²) < 4.78 is 14.4. The van der Waals surface area contributed by atoms with Gasteiger partial charge in [-0.05, 0) is 49.1 Å². The van der Waals surface area contributed by atoms with Gasteiger partial charge in [-0.3, -0.25) is 19.0 Å². The van der Waals surface area contributed by atoms with Crippen LogP contribution in [-0.2, 0) is 4.79 Å². The highest BCUT2D eigenvalue weighted by molar-refractivity contribution is 6.11. The highest BCUT2D eigenvalue weighted by Gasteiger charge is 2.30. The molecule has 0 saturated carbocycles. The maximum atomic E-state index is 13.3. The number of pyridine rings is 1. The molecule has 0 aliphatic carbocycles. The second-order valence-corrected chi connectivity index (χ2v) is 7.39. The number of rotatable bonds is 10. The van der Waals surface area contributed by atoms with Gasteiger partial charge in [0.05, 0.1) is 0 Å². The standard InChI is InChI=1S/C23H29FN2O3/c1-4-6-7-17(5-2)14-25-23(29)21(26-15-16(3)8-13-20(26)27)22(28)18-9-11-19(24)12-10-18/h8-13,15,17,21H,4-7,14H2,1-3H3,(H,25,29)/t17-,21+/m0/s1. The third kappa shape index (κ3) is 6.11. The number of hydrogen-bond acceptors (Lipinski definition) is 3. The molecule has 2 aromatic rings. The lowest BCUT2D eigenvalue weighted by Crippen LogP contribution is -2.42. The Kier molecular flexibility index (Phi) is 8.31. The second kappa shape index (κ2) is 10.7. The molecule has 2 rings (SSSR count). The lowest BCUT2D eigenvalue weighted by Gasteiger charge is -2.21. The summed E-state index contributed by atoms with van der Waals surface area (Å²) in [6, 6.07) is 6.62. The van der Waals surface area contributed by atoms with Gasteiger partial charge in [-0.15, -0.1) is 0 Å². The summed E-state index contributed by atoms with van der Waals surface area (Å²) in [4.78, 5) is 38.5. The third-order valence-corrected chi connectivity index (χ3v) is 5.10. The monoisotopic (exact) mass is 400 g/mol. The van der Waals surface area contributed by atoms with Crippen molar-refractivity contribution in [1.29, 1.82) is 0 Å². The van der Waals surface area contributed by atoms with Gasteiger partial charge in [-0.2, -0.15) is 0 Å². The average Bonchev–Trinajstić information content (AvgIpc) is 2.71. The molecular weight excluding hydrogens is 371 g/mol. The van der Waals surface area contributed by atoms with Crippen LogP contribution < -0.4 is 10.9 Å². The molecule has 0 saturated heterocycles. The first kappa shape index (κ1) is 22.5. The molecule has 0 bridgehead atoms. The number of ketones is 1. The van der Waals surface area contributed by atoms with Gasteiger partial charge in [0.1, 0.15) is 5.82 Å². The molecule has 156 valence electrons. The number of carbonyl (C=O) groups is 2. The van der Waals surface area contributed by atoms with Crippen molar-refractivity contribution in [3.8, 4) is 0 Å². The molecule has 1 heterocycles. The van der Waals surface area contributed by atoms with Crippen LogP contribution in [0.25, 0.3) is 0 Å². The van der Waals surface area contributed by atoms with Crippen LogP contribution in [0.2, 0.25) is 0 Å². The van der Waals surface area contributed by atoms with Gasteiger partial charge >= 0.3 is 0 Å². The average molecular weight is 400 g/mol. The van der Waals surface area contributed by atoms with E-state index in [1.807, 2.05) is 0 Å². The van der Waals surface area contributed by atoms with Crippen LogP contribution >= 0.6 is 0 Å². The third-order valence-electron chi connectivity index (χ3n) is 5.10. The van der Waals surface area contributed by atoms with E-state index in [4.69, 9.17) is 0 Å². The van der Waals surface area contributed by atoms with Crippen molar-refractivity contribution in [2.75, 3.05) is 6.54 Å². The number of nitrogens with zero attached hydrogens (tertiary/aromatic N) is 1. The van der Waals surface area contributed by atoms with E-state index in [2.05, 4.69) is 19.2 Å². The molecule has 0 aliphatic heterocycles. The summed E-state index contributed by atoms with van der Waals surface area (Å²) in [5, 5.41) is 2.86. The Balaban J connectivity index is 2.32. The molecule has 0 unspecified atom stereocenters. The molecule has 0 radical (unpaired) electrons. The number of aromatic nitrogens is 1. The Morgan fingerprint density at radius 2 is 1.79 bits per heavy atom. The Morgan fingerprint density at radius 1 is 1.10 bits per heavy atom. The summed E-state index contributed by atoms with van der Waals surface area (Å²) in [5.41, 5.74) is 0.492. The van der Waals surface area contributed by atoms with E-state index in [0.717, 1.165) is 35.8 Å². The fraction of sp³-hybridized carbons (Fsp3) is 0.435. The number of Topliss-reactive ketones (excluding diaryl/α,β-unsaturated/α-hetero) is 1. The Labute approximate surface area is 170 Å². The minimum atomic E-state index is -1.34. The molecule has 1 amide bonds. The quantitative estimate of drug-likeness (QED) is 0.483. The number of hydrogen-bond donors (Lipinski definition) is 1. The van der Waals surface area contributed by atoms with Crippen molar-refractivity contribution in [3.63, 3.8) is 0 Å². The summed E-state index contributed by atoms with van der Waals surface area (Å²) in [6.07, 6.45) is 5.57. The van der Waals surface area contributed by atoms with Crippen molar-refractivity contribution in [1.82, 2.24) is 9.88 Å². The van der Waals surface area contributed by atoms with Crippen LogP contribution in [-0.4, -0.2) is 22.8 Å². The van der Waals surface area contributed by atoms with E-state index in [0.29, 0.717) is 12.5 Å². The van der Waals surface area contributed by atoms with E-state index < -0.39 is 29.1 Å². The molecule has 1 aromatic heterocycles. The van der Waals surface area contributed by atoms with E-state index in [-0.39, 0.29) is 5.56 Å². The Morgan fingerprint density at radius 3 is 2.41 bits per heavy atom. The first-order chi connectivity index (χ1) is 13.9. The number of halogens is 1. The van der Waals surface area contributed by atoms with Gasteiger partial charge in [0.2, 0.25) is 0 Å². The fourth-order valence-corrected chi connectivity index (χ4v) is 3.25. The molecule has 1 aromatic carbocycles. The molecule has 0 spiro atoms. The second-order valence-electron chi connectivity index (χ2n) is 7.39. The molecule has 0 fully saturated rings. The minimum Gasteiger partial charge on any atom is -0.354 e. The summed E-state index contributed by atoms with van der Waals surface area (Å²) in [5.74, 6) is -1.23. The zero-order chi connectivity index (χ0) is 21.4. The largest absolute Gasteiger partial charge is 0.354 e. The summed E-state index contributed by atoms with van der Waals surface area (Å²) in [6.45, 7) is 6.42. The number of aryl methyl sites for hydroxylation is 1. The molecular formula is C23H29FN2O3. The lowest BCUT2D eigenvalue weighted by molar-refractivity contribution is -0.123. The molecule has 1 N–H and O–H groups in total. The van der Waals surface area contributed by atoms with E-state index in [9.17, 15) is 18.8 Å². The van der Waals surface area contributed by atoms with Gasteiger partial charge in [0.25, 0.3) is 11.5 Å². The minimum absolute atomic E-state index is 0.179. The van der Waals surface area contributed by atoms with Crippen molar-refractivity contribution in [2.45, 2.75) is 52.5 Å². The first-order valence-corrected chi connectivity index (χ1v) is 10.1.